The number of hydrogen-bond donors (Lipinski definition) is 1. The van der Waals surface area contributed by atoms with Gasteiger partial charge in [-0.05, 0) is 33.6 Å². The van der Waals surface area contributed by atoms with Gasteiger partial charge < -0.3 is 5.32 Å². The quantitative estimate of drug-likeness (QED) is 0.701. The van der Waals surface area contributed by atoms with Gasteiger partial charge in [0.15, 0.2) is 0 Å². The van der Waals surface area contributed by atoms with Crippen molar-refractivity contribution in [3.8, 4) is 0 Å². The van der Waals surface area contributed by atoms with Crippen LogP contribution in [0.15, 0.2) is 12.7 Å². The molecular formula is C12H21NO. The standard InChI is InChI=1S/C12H21NO/c1-5-6-7-12(4)9-10(14)8-11(2,3)13-12/h5,13H,1,6-9H2,2-4H3. The molecule has 1 unspecified atom stereocenters. The summed E-state index contributed by atoms with van der Waals surface area (Å²) < 4.78 is 0. The van der Waals surface area contributed by atoms with Crippen LogP contribution in [-0.2, 0) is 4.79 Å². The van der Waals surface area contributed by atoms with Gasteiger partial charge in [-0.3, -0.25) is 4.79 Å². The summed E-state index contributed by atoms with van der Waals surface area (Å²) in [6.07, 6.45) is 5.18. The number of hydrogen-bond acceptors (Lipinski definition) is 2. The minimum atomic E-state index is -0.0503. The predicted octanol–water partition coefficient (Wildman–Crippen LogP) is 2.44. The maximum Gasteiger partial charge on any atom is 0.136 e. The molecule has 1 fully saturated rings. The molecule has 0 spiro atoms. The van der Waals surface area contributed by atoms with Gasteiger partial charge >= 0.3 is 0 Å². The molecule has 14 heavy (non-hydrogen) atoms. The maximum absolute atomic E-state index is 11.6. The van der Waals surface area contributed by atoms with Gasteiger partial charge in [0.2, 0.25) is 0 Å². The van der Waals surface area contributed by atoms with Gasteiger partial charge in [-0.2, -0.15) is 0 Å². The molecule has 0 aromatic rings. The molecule has 0 aliphatic carbocycles. The molecule has 1 aliphatic heterocycles. The largest absolute Gasteiger partial charge is 0.306 e. The zero-order valence-electron chi connectivity index (χ0n) is 9.52. The molecule has 1 saturated heterocycles. The third-order valence-corrected chi connectivity index (χ3v) is 2.77. The summed E-state index contributed by atoms with van der Waals surface area (Å²) in [7, 11) is 0. The van der Waals surface area contributed by atoms with Crippen molar-refractivity contribution in [2.45, 2.75) is 57.5 Å². The maximum atomic E-state index is 11.6. The number of carbonyl (C=O) groups excluding carboxylic acids is 1. The van der Waals surface area contributed by atoms with Crippen molar-refractivity contribution in [3.63, 3.8) is 0 Å². The Labute approximate surface area is 86.8 Å². The van der Waals surface area contributed by atoms with E-state index in [-0.39, 0.29) is 11.1 Å². The van der Waals surface area contributed by atoms with Crippen molar-refractivity contribution in [3.05, 3.63) is 12.7 Å². The second kappa shape index (κ2) is 3.85. The highest BCUT2D eigenvalue weighted by Crippen LogP contribution is 2.29. The van der Waals surface area contributed by atoms with E-state index in [1.54, 1.807) is 0 Å². The van der Waals surface area contributed by atoms with Crippen LogP contribution >= 0.6 is 0 Å². The number of piperidine rings is 1. The van der Waals surface area contributed by atoms with Crippen LogP contribution in [-0.4, -0.2) is 16.9 Å². The molecule has 0 saturated carbocycles. The summed E-state index contributed by atoms with van der Waals surface area (Å²) in [5, 5.41) is 3.57. The van der Waals surface area contributed by atoms with Gasteiger partial charge in [-0.15, -0.1) is 6.58 Å². The van der Waals surface area contributed by atoms with E-state index in [4.69, 9.17) is 0 Å². The molecule has 0 bridgehead atoms. The molecule has 1 aliphatic rings. The minimum absolute atomic E-state index is 0.0347. The normalized spacial score (nSPS) is 31.5. The van der Waals surface area contributed by atoms with Crippen LogP contribution in [0.2, 0.25) is 0 Å². The predicted molar refractivity (Wildman–Crippen MR) is 59.3 cm³/mol. The van der Waals surface area contributed by atoms with E-state index in [9.17, 15) is 4.79 Å². The molecule has 0 aromatic heterocycles. The summed E-state index contributed by atoms with van der Waals surface area (Å²) in [6, 6.07) is 0. The highest BCUT2D eigenvalue weighted by Gasteiger charge is 2.38. The van der Waals surface area contributed by atoms with Gasteiger partial charge in [0, 0.05) is 23.9 Å². The Morgan fingerprint density at radius 1 is 1.43 bits per heavy atom. The average molecular weight is 195 g/mol. The van der Waals surface area contributed by atoms with E-state index in [1.165, 1.54) is 0 Å². The number of rotatable bonds is 3. The molecule has 0 aromatic carbocycles. The van der Waals surface area contributed by atoms with Gasteiger partial charge in [-0.25, -0.2) is 0 Å². The van der Waals surface area contributed by atoms with Crippen molar-refractivity contribution in [2.24, 2.45) is 0 Å². The van der Waals surface area contributed by atoms with E-state index in [0.29, 0.717) is 18.6 Å². The first-order chi connectivity index (χ1) is 6.37. The SMILES string of the molecule is C=CCCC1(C)CC(=O)CC(C)(C)N1. The fourth-order valence-corrected chi connectivity index (χ4v) is 2.47. The highest BCUT2D eigenvalue weighted by molar-refractivity contribution is 5.81. The lowest BCUT2D eigenvalue weighted by Crippen LogP contribution is -2.59. The van der Waals surface area contributed by atoms with Crippen LogP contribution in [0.25, 0.3) is 0 Å². The minimum Gasteiger partial charge on any atom is -0.306 e. The zero-order chi connectivity index (χ0) is 10.8. The van der Waals surface area contributed by atoms with Gasteiger partial charge in [-0.1, -0.05) is 6.08 Å². The van der Waals surface area contributed by atoms with E-state index in [1.807, 2.05) is 6.08 Å². The molecule has 1 rings (SSSR count). The first-order valence-corrected chi connectivity index (χ1v) is 5.29. The summed E-state index contributed by atoms with van der Waals surface area (Å²) in [6.45, 7) is 10.0. The number of carbonyl (C=O) groups is 1. The topological polar surface area (TPSA) is 29.1 Å². The Hall–Kier alpha value is -0.630. The van der Waals surface area contributed by atoms with Crippen molar-refractivity contribution < 1.29 is 4.79 Å². The molecule has 0 radical (unpaired) electrons. The van der Waals surface area contributed by atoms with Gasteiger partial charge in [0.05, 0.1) is 0 Å². The number of ketones is 1. The second-order valence-corrected chi connectivity index (χ2v) is 5.29. The third-order valence-electron chi connectivity index (χ3n) is 2.77. The van der Waals surface area contributed by atoms with Crippen LogP contribution in [0.1, 0.15) is 46.5 Å². The van der Waals surface area contributed by atoms with Crippen LogP contribution in [0.5, 0.6) is 0 Å². The Morgan fingerprint density at radius 2 is 2.07 bits per heavy atom. The lowest BCUT2D eigenvalue weighted by Gasteiger charge is -2.43. The molecule has 80 valence electrons. The summed E-state index contributed by atoms with van der Waals surface area (Å²) in [5.41, 5.74) is -0.0850. The van der Waals surface area contributed by atoms with Crippen LogP contribution < -0.4 is 5.32 Å². The molecule has 2 nitrogen and oxygen atoms in total. The van der Waals surface area contributed by atoms with Crippen LogP contribution in [0.4, 0.5) is 0 Å². The third kappa shape index (κ3) is 2.95. The molecule has 2 heteroatoms. The number of allylic oxidation sites excluding steroid dienone is 1. The monoisotopic (exact) mass is 195 g/mol. The van der Waals surface area contributed by atoms with Crippen molar-refractivity contribution >= 4 is 5.78 Å². The van der Waals surface area contributed by atoms with E-state index in [0.717, 1.165) is 12.8 Å². The van der Waals surface area contributed by atoms with E-state index < -0.39 is 0 Å². The van der Waals surface area contributed by atoms with E-state index >= 15 is 0 Å². The summed E-state index contributed by atoms with van der Waals surface area (Å²) >= 11 is 0. The average Bonchev–Trinajstić information content (AvgIpc) is 1.96. The van der Waals surface area contributed by atoms with Crippen molar-refractivity contribution in [1.82, 2.24) is 5.32 Å². The van der Waals surface area contributed by atoms with Crippen molar-refractivity contribution in [1.29, 1.82) is 0 Å². The fraction of sp³-hybridized carbons (Fsp3) is 0.750. The molecule has 1 N–H and O–H groups in total. The summed E-state index contributed by atoms with van der Waals surface area (Å²) in [4.78, 5) is 11.6. The number of Topliss-reactive ketones (excluding diaryl/α,β-unsaturated/α-hetero) is 1. The zero-order valence-corrected chi connectivity index (χ0v) is 9.52. The van der Waals surface area contributed by atoms with Crippen molar-refractivity contribution in [2.75, 3.05) is 0 Å². The van der Waals surface area contributed by atoms with Gasteiger partial charge in [0.1, 0.15) is 5.78 Å². The molecule has 1 heterocycles. The highest BCUT2D eigenvalue weighted by atomic mass is 16.1. The van der Waals surface area contributed by atoms with E-state index in [2.05, 4.69) is 32.7 Å². The number of nitrogens with one attached hydrogen (secondary N) is 1. The fourth-order valence-electron chi connectivity index (χ4n) is 2.47. The van der Waals surface area contributed by atoms with Gasteiger partial charge in [0.25, 0.3) is 0 Å². The molecular weight excluding hydrogens is 174 g/mol. The first kappa shape index (κ1) is 11.4. The lowest BCUT2D eigenvalue weighted by atomic mass is 9.78. The van der Waals surface area contributed by atoms with Crippen LogP contribution in [0.3, 0.4) is 0 Å². The van der Waals surface area contributed by atoms with Crippen LogP contribution in [0, 0.1) is 0 Å². The first-order valence-electron chi connectivity index (χ1n) is 5.29. The Balaban J connectivity index is 2.68. The Kier molecular flexibility index (Phi) is 3.15. The second-order valence-electron chi connectivity index (χ2n) is 5.29. The summed E-state index contributed by atoms with van der Waals surface area (Å²) in [5.74, 6) is 0.375. The Bertz CT molecular complexity index is 245. The lowest BCUT2D eigenvalue weighted by molar-refractivity contribution is -0.124. The smallest absolute Gasteiger partial charge is 0.136 e. The molecule has 1 atom stereocenters. The Morgan fingerprint density at radius 3 is 2.57 bits per heavy atom. The molecule has 0 amide bonds.